The fourth-order valence-corrected chi connectivity index (χ4v) is 1.98. The van der Waals surface area contributed by atoms with E-state index >= 15 is 0 Å². The van der Waals surface area contributed by atoms with Gasteiger partial charge in [0, 0.05) is 12.4 Å². The molecule has 0 saturated carbocycles. The number of hydrogen-bond acceptors (Lipinski definition) is 3. The van der Waals surface area contributed by atoms with Gasteiger partial charge in [-0.15, -0.1) is 0 Å². The summed E-state index contributed by atoms with van der Waals surface area (Å²) in [6, 6.07) is 13.4. The number of nitrogens with one attached hydrogen (secondary N) is 1. The molecule has 1 aromatic heterocycles. The summed E-state index contributed by atoms with van der Waals surface area (Å²) in [5.41, 5.74) is 3.44. The molecule has 0 fully saturated rings. The Labute approximate surface area is 109 Å². The first-order valence-corrected chi connectivity index (χ1v) is 5.94. The summed E-state index contributed by atoms with van der Waals surface area (Å²) in [7, 11) is 0. The Morgan fingerprint density at radius 1 is 0.833 bits per heavy atom. The number of nitrogens with zero attached hydrogens (tertiary/aromatic N) is 2. The van der Waals surface area contributed by atoms with Crippen molar-refractivity contribution in [3.05, 3.63) is 59.9 Å². The van der Waals surface area contributed by atoms with Gasteiger partial charge in [-0.3, -0.25) is 9.97 Å². The van der Waals surface area contributed by atoms with Crippen LogP contribution in [-0.2, 0) is 0 Å². The van der Waals surface area contributed by atoms with Gasteiger partial charge in [-0.1, -0.05) is 29.8 Å². The summed E-state index contributed by atoms with van der Waals surface area (Å²) in [6.07, 6.45) is 3.36. The van der Waals surface area contributed by atoms with Crippen molar-refractivity contribution in [2.24, 2.45) is 0 Å². The van der Waals surface area contributed by atoms with E-state index in [1.165, 1.54) is 0 Å². The largest absolute Gasteiger partial charge is 0.352 e. The molecule has 2 aromatic carbocycles. The molecule has 0 atom stereocenters. The highest BCUT2D eigenvalue weighted by molar-refractivity contribution is 6.33. The molecule has 4 heteroatoms. The lowest BCUT2D eigenvalue weighted by molar-refractivity contribution is 1.29. The molecule has 0 spiro atoms. The number of anilines is 2. The van der Waals surface area contributed by atoms with E-state index in [0.717, 1.165) is 22.4 Å². The second kappa shape index (κ2) is 4.63. The van der Waals surface area contributed by atoms with E-state index in [2.05, 4.69) is 15.3 Å². The summed E-state index contributed by atoms with van der Waals surface area (Å²) in [5, 5.41) is 3.96. The number of halogens is 1. The van der Waals surface area contributed by atoms with E-state index in [1.807, 2.05) is 42.5 Å². The number of hydrogen-bond donors (Lipinski definition) is 1. The third-order valence-corrected chi connectivity index (χ3v) is 2.97. The van der Waals surface area contributed by atoms with E-state index in [4.69, 9.17) is 11.6 Å². The van der Waals surface area contributed by atoms with Crippen LogP contribution < -0.4 is 5.32 Å². The SMILES string of the molecule is Clc1ccccc1Nc1cccc2nccnc12. The van der Waals surface area contributed by atoms with Crippen molar-refractivity contribution in [3.8, 4) is 0 Å². The first-order chi connectivity index (χ1) is 8.84. The summed E-state index contributed by atoms with van der Waals surface area (Å²) < 4.78 is 0. The molecule has 0 radical (unpaired) electrons. The van der Waals surface area contributed by atoms with Gasteiger partial charge in [0.1, 0.15) is 5.52 Å². The molecule has 3 nitrogen and oxygen atoms in total. The maximum absolute atomic E-state index is 6.13. The lowest BCUT2D eigenvalue weighted by atomic mass is 10.2. The molecule has 0 amide bonds. The average Bonchev–Trinajstić information content (AvgIpc) is 2.42. The van der Waals surface area contributed by atoms with Gasteiger partial charge in [0.2, 0.25) is 0 Å². The molecule has 1 N–H and O–H groups in total. The van der Waals surface area contributed by atoms with Crippen LogP contribution in [0.5, 0.6) is 0 Å². The number of benzene rings is 2. The first-order valence-electron chi connectivity index (χ1n) is 5.56. The maximum Gasteiger partial charge on any atom is 0.112 e. The predicted octanol–water partition coefficient (Wildman–Crippen LogP) is 4.03. The average molecular weight is 256 g/mol. The van der Waals surface area contributed by atoms with Crippen LogP contribution in [-0.4, -0.2) is 9.97 Å². The molecule has 3 rings (SSSR count). The summed E-state index contributed by atoms with van der Waals surface area (Å²) in [5.74, 6) is 0. The number of rotatable bonds is 2. The number of fused-ring (bicyclic) bond motifs is 1. The highest BCUT2D eigenvalue weighted by atomic mass is 35.5. The van der Waals surface area contributed by atoms with Crippen LogP contribution in [0, 0.1) is 0 Å². The predicted molar refractivity (Wildman–Crippen MR) is 74.3 cm³/mol. The fourth-order valence-electron chi connectivity index (χ4n) is 1.80. The second-order valence-corrected chi connectivity index (χ2v) is 4.24. The van der Waals surface area contributed by atoms with Gasteiger partial charge >= 0.3 is 0 Å². The molecule has 0 aliphatic rings. The van der Waals surface area contributed by atoms with Crippen LogP contribution >= 0.6 is 11.6 Å². The van der Waals surface area contributed by atoms with Crippen molar-refractivity contribution in [1.29, 1.82) is 0 Å². The molecule has 0 bridgehead atoms. The van der Waals surface area contributed by atoms with Crippen molar-refractivity contribution in [3.63, 3.8) is 0 Å². The van der Waals surface area contributed by atoms with Crippen LogP contribution in [0.1, 0.15) is 0 Å². The topological polar surface area (TPSA) is 37.8 Å². The van der Waals surface area contributed by atoms with Gasteiger partial charge in [-0.2, -0.15) is 0 Å². The quantitative estimate of drug-likeness (QED) is 0.751. The summed E-state index contributed by atoms with van der Waals surface area (Å²) in [6.45, 7) is 0. The Balaban J connectivity index is 2.08. The second-order valence-electron chi connectivity index (χ2n) is 3.83. The van der Waals surface area contributed by atoms with Gasteiger partial charge < -0.3 is 5.32 Å². The molecule has 0 aliphatic carbocycles. The van der Waals surface area contributed by atoms with Crippen molar-refractivity contribution in [1.82, 2.24) is 9.97 Å². The zero-order valence-electron chi connectivity index (χ0n) is 9.47. The van der Waals surface area contributed by atoms with E-state index in [9.17, 15) is 0 Å². The lowest BCUT2D eigenvalue weighted by Crippen LogP contribution is -1.94. The Morgan fingerprint density at radius 3 is 2.50 bits per heavy atom. The van der Waals surface area contributed by atoms with E-state index in [-0.39, 0.29) is 0 Å². The fraction of sp³-hybridized carbons (Fsp3) is 0. The lowest BCUT2D eigenvalue weighted by Gasteiger charge is -2.09. The Kier molecular flexibility index (Phi) is 2.82. The molecule has 3 aromatic rings. The Bertz CT molecular complexity index is 692. The monoisotopic (exact) mass is 255 g/mol. The molecule has 18 heavy (non-hydrogen) atoms. The molecule has 88 valence electrons. The highest BCUT2D eigenvalue weighted by Gasteiger charge is 2.04. The molecular formula is C14H10ClN3. The van der Waals surface area contributed by atoms with E-state index < -0.39 is 0 Å². The third kappa shape index (κ3) is 2.00. The van der Waals surface area contributed by atoms with Gasteiger partial charge in [0.05, 0.1) is 21.9 Å². The summed E-state index contributed by atoms with van der Waals surface area (Å²) in [4.78, 5) is 8.61. The van der Waals surface area contributed by atoms with E-state index in [0.29, 0.717) is 5.02 Å². The van der Waals surface area contributed by atoms with Crippen LogP contribution in [0.15, 0.2) is 54.9 Å². The van der Waals surface area contributed by atoms with Crippen molar-refractivity contribution in [2.45, 2.75) is 0 Å². The van der Waals surface area contributed by atoms with Crippen LogP contribution in [0.2, 0.25) is 5.02 Å². The molecule has 0 saturated heterocycles. The van der Waals surface area contributed by atoms with Crippen molar-refractivity contribution in [2.75, 3.05) is 5.32 Å². The number of aromatic nitrogens is 2. The maximum atomic E-state index is 6.13. The minimum absolute atomic E-state index is 0.679. The summed E-state index contributed by atoms with van der Waals surface area (Å²) >= 11 is 6.13. The normalized spacial score (nSPS) is 10.5. The minimum Gasteiger partial charge on any atom is -0.352 e. The van der Waals surface area contributed by atoms with E-state index in [1.54, 1.807) is 12.4 Å². The smallest absolute Gasteiger partial charge is 0.112 e. The Morgan fingerprint density at radius 2 is 1.61 bits per heavy atom. The van der Waals surface area contributed by atoms with Crippen molar-refractivity contribution < 1.29 is 0 Å². The van der Waals surface area contributed by atoms with Crippen molar-refractivity contribution >= 4 is 34.0 Å². The minimum atomic E-state index is 0.679. The zero-order valence-corrected chi connectivity index (χ0v) is 10.2. The highest BCUT2D eigenvalue weighted by Crippen LogP contribution is 2.27. The molecular weight excluding hydrogens is 246 g/mol. The molecule has 1 heterocycles. The molecule has 0 unspecified atom stereocenters. The van der Waals surface area contributed by atoms with Gasteiger partial charge in [0.15, 0.2) is 0 Å². The van der Waals surface area contributed by atoms with Gasteiger partial charge in [0.25, 0.3) is 0 Å². The van der Waals surface area contributed by atoms with Crippen LogP contribution in [0.3, 0.4) is 0 Å². The third-order valence-electron chi connectivity index (χ3n) is 2.64. The molecule has 0 aliphatic heterocycles. The Hall–Kier alpha value is -2.13. The first kappa shape index (κ1) is 11.0. The van der Waals surface area contributed by atoms with Crippen LogP contribution in [0.25, 0.3) is 11.0 Å². The zero-order chi connectivity index (χ0) is 12.4. The van der Waals surface area contributed by atoms with Gasteiger partial charge in [-0.25, -0.2) is 0 Å². The van der Waals surface area contributed by atoms with Gasteiger partial charge in [-0.05, 0) is 24.3 Å². The number of para-hydroxylation sites is 2. The van der Waals surface area contributed by atoms with Crippen LogP contribution in [0.4, 0.5) is 11.4 Å². The standard InChI is InChI=1S/C14H10ClN3/c15-10-4-1-2-5-11(10)18-13-7-3-6-12-14(13)17-9-8-16-12/h1-9,18H.